The fourth-order valence-electron chi connectivity index (χ4n) is 3.14. The summed E-state index contributed by atoms with van der Waals surface area (Å²) in [4.78, 5) is 34.7. The molecular weight excluding hydrogens is 308 g/mol. The minimum absolute atomic E-state index is 0.0201. The van der Waals surface area contributed by atoms with Crippen molar-refractivity contribution in [3.05, 3.63) is 17.5 Å². The topological polar surface area (TPSA) is 84.4 Å². The first-order valence-electron chi connectivity index (χ1n) is 8.58. The number of rotatable bonds is 4. The van der Waals surface area contributed by atoms with E-state index in [1.165, 1.54) is 0 Å². The average molecular weight is 332 g/mol. The Hall–Kier alpha value is -2.02. The Bertz CT molecular complexity index is 604. The molecule has 2 aliphatic rings. The molecule has 1 amide bonds. The summed E-state index contributed by atoms with van der Waals surface area (Å²) in [5.41, 5.74) is 1.70. The van der Waals surface area contributed by atoms with Gasteiger partial charge in [0, 0.05) is 37.5 Å². The Balaban J connectivity index is 1.59. The molecule has 1 N–H and O–H groups in total. The van der Waals surface area contributed by atoms with E-state index in [0.29, 0.717) is 51.4 Å². The largest absolute Gasteiger partial charge is 0.378 e. The van der Waals surface area contributed by atoms with Crippen LogP contribution in [0.5, 0.6) is 0 Å². The van der Waals surface area contributed by atoms with E-state index in [1.54, 1.807) is 0 Å². The van der Waals surface area contributed by atoms with Crippen LogP contribution in [0.1, 0.15) is 37.1 Å². The van der Waals surface area contributed by atoms with Crippen LogP contribution in [0.4, 0.5) is 5.95 Å². The molecule has 1 saturated heterocycles. The summed E-state index contributed by atoms with van der Waals surface area (Å²) in [6.07, 6.45) is 2.36. The summed E-state index contributed by atoms with van der Waals surface area (Å²) in [6, 6.07) is 1.90. The second kappa shape index (κ2) is 7.70. The number of carbonyl (C=O) groups is 2. The van der Waals surface area contributed by atoms with Crippen molar-refractivity contribution in [2.24, 2.45) is 5.92 Å². The Labute approximate surface area is 141 Å². The SMILES string of the molecule is Cc1cc(CNC(=O)C2CCC(=O)CC2)nc(N2CCOCC2)n1. The lowest BCUT2D eigenvalue weighted by Gasteiger charge is -2.27. The quantitative estimate of drug-likeness (QED) is 0.885. The van der Waals surface area contributed by atoms with Crippen molar-refractivity contribution in [1.29, 1.82) is 0 Å². The molecule has 0 spiro atoms. The lowest BCUT2D eigenvalue weighted by atomic mass is 9.88. The number of Topliss-reactive ketones (excluding diaryl/α,β-unsaturated/α-hetero) is 1. The number of carbonyl (C=O) groups excluding carboxylic acids is 2. The smallest absolute Gasteiger partial charge is 0.225 e. The maximum atomic E-state index is 12.3. The summed E-state index contributed by atoms with van der Waals surface area (Å²) in [6.45, 7) is 5.26. The van der Waals surface area contributed by atoms with Gasteiger partial charge in [0.05, 0.1) is 25.5 Å². The van der Waals surface area contributed by atoms with Gasteiger partial charge in [-0.25, -0.2) is 9.97 Å². The van der Waals surface area contributed by atoms with Gasteiger partial charge in [-0.15, -0.1) is 0 Å². The zero-order valence-corrected chi connectivity index (χ0v) is 14.1. The molecule has 1 aromatic heterocycles. The van der Waals surface area contributed by atoms with Crippen LogP contribution in [0, 0.1) is 12.8 Å². The van der Waals surface area contributed by atoms with Gasteiger partial charge < -0.3 is 15.0 Å². The number of hydrogen-bond acceptors (Lipinski definition) is 6. The van der Waals surface area contributed by atoms with E-state index in [0.717, 1.165) is 24.5 Å². The van der Waals surface area contributed by atoms with E-state index in [1.807, 2.05) is 13.0 Å². The number of amides is 1. The number of aryl methyl sites for hydroxylation is 1. The minimum Gasteiger partial charge on any atom is -0.378 e. The summed E-state index contributed by atoms with van der Waals surface area (Å²) in [5, 5.41) is 2.96. The van der Waals surface area contributed by atoms with Crippen molar-refractivity contribution in [2.45, 2.75) is 39.2 Å². The third kappa shape index (κ3) is 4.29. The number of morpholine rings is 1. The average Bonchev–Trinajstić information content (AvgIpc) is 2.60. The van der Waals surface area contributed by atoms with Crippen LogP contribution in [0.15, 0.2) is 6.07 Å². The van der Waals surface area contributed by atoms with Crippen LogP contribution in [-0.2, 0) is 20.9 Å². The van der Waals surface area contributed by atoms with Crippen molar-refractivity contribution in [1.82, 2.24) is 15.3 Å². The molecule has 24 heavy (non-hydrogen) atoms. The van der Waals surface area contributed by atoms with Gasteiger partial charge in [0.25, 0.3) is 0 Å². The molecule has 3 rings (SSSR count). The van der Waals surface area contributed by atoms with Gasteiger partial charge in [-0.2, -0.15) is 0 Å². The molecular formula is C17H24N4O3. The van der Waals surface area contributed by atoms with E-state index in [9.17, 15) is 9.59 Å². The van der Waals surface area contributed by atoms with Gasteiger partial charge in [-0.05, 0) is 25.8 Å². The van der Waals surface area contributed by atoms with Gasteiger partial charge in [-0.1, -0.05) is 0 Å². The number of hydrogen-bond donors (Lipinski definition) is 1. The molecule has 0 bridgehead atoms. The first-order valence-corrected chi connectivity index (χ1v) is 8.58. The molecule has 2 fully saturated rings. The van der Waals surface area contributed by atoms with E-state index >= 15 is 0 Å². The third-order valence-corrected chi connectivity index (χ3v) is 4.55. The van der Waals surface area contributed by atoms with Crippen LogP contribution in [0.2, 0.25) is 0 Å². The molecule has 1 aromatic rings. The summed E-state index contributed by atoms with van der Waals surface area (Å²) >= 11 is 0. The van der Waals surface area contributed by atoms with Gasteiger partial charge >= 0.3 is 0 Å². The predicted octanol–water partition coefficient (Wildman–Crippen LogP) is 0.997. The highest BCUT2D eigenvalue weighted by Crippen LogP contribution is 2.21. The van der Waals surface area contributed by atoms with Crippen molar-refractivity contribution in [2.75, 3.05) is 31.2 Å². The van der Waals surface area contributed by atoms with Crippen LogP contribution >= 0.6 is 0 Å². The molecule has 1 aliphatic heterocycles. The monoisotopic (exact) mass is 332 g/mol. The van der Waals surface area contributed by atoms with Gasteiger partial charge in [0.1, 0.15) is 5.78 Å². The minimum atomic E-state index is -0.0515. The second-order valence-corrected chi connectivity index (χ2v) is 6.43. The summed E-state index contributed by atoms with van der Waals surface area (Å²) in [5.74, 6) is 0.933. The van der Waals surface area contributed by atoms with E-state index in [4.69, 9.17) is 4.74 Å². The number of ether oxygens (including phenoxy) is 1. The maximum Gasteiger partial charge on any atom is 0.225 e. The van der Waals surface area contributed by atoms with E-state index in [-0.39, 0.29) is 17.6 Å². The Kier molecular flexibility index (Phi) is 5.40. The molecule has 1 saturated carbocycles. The molecule has 130 valence electrons. The lowest BCUT2D eigenvalue weighted by molar-refractivity contribution is -0.128. The van der Waals surface area contributed by atoms with Crippen LogP contribution < -0.4 is 10.2 Å². The molecule has 0 atom stereocenters. The van der Waals surface area contributed by atoms with Crippen molar-refractivity contribution in [3.63, 3.8) is 0 Å². The highest BCUT2D eigenvalue weighted by Gasteiger charge is 2.24. The predicted molar refractivity (Wildman–Crippen MR) is 88.6 cm³/mol. The highest BCUT2D eigenvalue weighted by molar-refractivity contribution is 5.84. The fraction of sp³-hybridized carbons (Fsp3) is 0.647. The second-order valence-electron chi connectivity index (χ2n) is 6.43. The Morgan fingerprint density at radius 1 is 1.29 bits per heavy atom. The zero-order chi connectivity index (χ0) is 16.9. The standard InChI is InChI=1S/C17H24N4O3/c1-12-10-14(20-17(19-12)21-6-8-24-9-7-21)11-18-16(23)13-2-4-15(22)5-3-13/h10,13H,2-9,11H2,1H3,(H,18,23). The number of ketones is 1. The number of anilines is 1. The molecule has 1 aliphatic carbocycles. The van der Waals surface area contributed by atoms with Gasteiger partial charge in [0.2, 0.25) is 11.9 Å². The molecule has 0 radical (unpaired) electrons. The number of nitrogens with zero attached hydrogens (tertiary/aromatic N) is 3. The molecule has 7 heteroatoms. The molecule has 0 aromatic carbocycles. The summed E-state index contributed by atoms with van der Waals surface area (Å²) in [7, 11) is 0. The van der Waals surface area contributed by atoms with Crippen LogP contribution in [0.25, 0.3) is 0 Å². The van der Waals surface area contributed by atoms with E-state index < -0.39 is 0 Å². The third-order valence-electron chi connectivity index (χ3n) is 4.55. The highest BCUT2D eigenvalue weighted by atomic mass is 16.5. The van der Waals surface area contributed by atoms with Crippen LogP contribution in [0.3, 0.4) is 0 Å². The van der Waals surface area contributed by atoms with Crippen molar-refractivity contribution >= 4 is 17.6 Å². The van der Waals surface area contributed by atoms with Crippen molar-refractivity contribution < 1.29 is 14.3 Å². The van der Waals surface area contributed by atoms with Crippen LogP contribution in [-0.4, -0.2) is 48.0 Å². The molecule has 2 heterocycles. The Morgan fingerprint density at radius 2 is 2.00 bits per heavy atom. The normalized spacial score (nSPS) is 19.4. The number of aromatic nitrogens is 2. The maximum absolute atomic E-state index is 12.3. The van der Waals surface area contributed by atoms with E-state index in [2.05, 4.69) is 20.2 Å². The molecule has 7 nitrogen and oxygen atoms in total. The number of nitrogens with one attached hydrogen (secondary N) is 1. The molecule has 0 unspecified atom stereocenters. The van der Waals surface area contributed by atoms with Crippen molar-refractivity contribution in [3.8, 4) is 0 Å². The van der Waals surface area contributed by atoms with Gasteiger partial charge in [0.15, 0.2) is 0 Å². The lowest BCUT2D eigenvalue weighted by Crippen LogP contribution is -2.38. The fourth-order valence-corrected chi connectivity index (χ4v) is 3.14. The first kappa shape index (κ1) is 16.8. The summed E-state index contributed by atoms with van der Waals surface area (Å²) < 4.78 is 5.36. The zero-order valence-electron chi connectivity index (χ0n) is 14.1. The first-order chi connectivity index (χ1) is 11.6. The van der Waals surface area contributed by atoms with Gasteiger partial charge in [-0.3, -0.25) is 9.59 Å². The Morgan fingerprint density at radius 3 is 2.71 bits per heavy atom.